The number of aryl methyl sites for hydroxylation is 1. The predicted octanol–water partition coefficient (Wildman–Crippen LogP) is 3.05. The molecule has 0 saturated heterocycles. The minimum atomic E-state index is -0.425. The molecular weight excluding hydrogens is 276 g/mol. The van der Waals surface area contributed by atoms with Gasteiger partial charge in [-0.05, 0) is 62.1 Å². The van der Waals surface area contributed by atoms with Crippen LogP contribution in [0.1, 0.15) is 53.4 Å². The van der Waals surface area contributed by atoms with Gasteiger partial charge in [-0.15, -0.1) is 0 Å². The van der Waals surface area contributed by atoms with E-state index in [-0.39, 0.29) is 12.0 Å². The van der Waals surface area contributed by atoms with Gasteiger partial charge in [-0.3, -0.25) is 9.78 Å². The van der Waals surface area contributed by atoms with Crippen LogP contribution in [-0.2, 0) is 6.42 Å². The molecule has 1 aliphatic carbocycles. The Morgan fingerprint density at radius 3 is 2.91 bits per heavy atom. The van der Waals surface area contributed by atoms with Crippen molar-refractivity contribution in [2.75, 3.05) is 0 Å². The van der Waals surface area contributed by atoms with Crippen LogP contribution in [0, 0.1) is 0 Å². The van der Waals surface area contributed by atoms with Crippen molar-refractivity contribution in [1.29, 1.82) is 0 Å². The average Bonchev–Trinajstić information content (AvgIpc) is 2.89. The number of nitrogens with two attached hydrogens (primary N) is 1. The van der Waals surface area contributed by atoms with E-state index in [0.29, 0.717) is 5.56 Å². The van der Waals surface area contributed by atoms with Gasteiger partial charge in [0, 0.05) is 12.1 Å². The highest BCUT2D eigenvalue weighted by molar-refractivity contribution is 5.94. The van der Waals surface area contributed by atoms with Gasteiger partial charge in [0.15, 0.2) is 0 Å². The third kappa shape index (κ3) is 2.69. The molecule has 1 heterocycles. The molecule has 4 heteroatoms. The van der Waals surface area contributed by atoms with Crippen molar-refractivity contribution >= 4 is 5.91 Å². The smallest absolute Gasteiger partial charge is 0.250 e. The van der Waals surface area contributed by atoms with Crippen molar-refractivity contribution in [3.63, 3.8) is 0 Å². The van der Waals surface area contributed by atoms with Crippen LogP contribution >= 0.6 is 0 Å². The first kappa shape index (κ1) is 14.6. The van der Waals surface area contributed by atoms with Crippen molar-refractivity contribution < 1.29 is 9.53 Å². The fourth-order valence-electron chi connectivity index (χ4n) is 3.11. The second kappa shape index (κ2) is 5.79. The fraction of sp³-hybridized carbons (Fsp3) is 0.333. The zero-order valence-corrected chi connectivity index (χ0v) is 12.9. The Morgan fingerprint density at radius 2 is 2.18 bits per heavy atom. The average molecular weight is 296 g/mol. The Hall–Kier alpha value is -2.36. The summed E-state index contributed by atoms with van der Waals surface area (Å²) in [7, 11) is 0. The van der Waals surface area contributed by atoms with Gasteiger partial charge in [0.1, 0.15) is 5.75 Å². The fourth-order valence-corrected chi connectivity index (χ4v) is 3.11. The minimum Gasteiger partial charge on any atom is -0.491 e. The van der Waals surface area contributed by atoms with Gasteiger partial charge in [0.2, 0.25) is 0 Å². The molecule has 22 heavy (non-hydrogen) atoms. The number of aromatic nitrogens is 1. The van der Waals surface area contributed by atoms with Gasteiger partial charge in [-0.1, -0.05) is 6.07 Å². The maximum absolute atomic E-state index is 11.7. The molecule has 0 saturated carbocycles. The number of primary amides is 1. The van der Waals surface area contributed by atoms with E-state index in [1.807, 2.05) is 19.9 Å². The Morgan fingerprint density at radius 1 is 1.36 bits per heavy atom. The Bertz CT molecular complexity index is 710. The maximum atomic E-state index is 11.7. The lowest BCUT2D eigenvalue weighted by Crippen LogP contribution is -2.16. The van der Waals surface area contributed by atoms with Crippen molar-refractivity contribution in [1.82, 2.24) is 4.98 Å². The largest absolute Gasteiger partial charge is 0.491 e. The van der Waals surface area contributed by atoms with Crippen LogP contribution in [-0.4, -0.2) is 17.0 Å². The monoisotopic (exact) mass is 296 g/mol. The molecule has 2 N–H and O–H groups in total. The number of benzene rings is 1. The summed E-state index contributed by atoms with van der Waals surface area (Å²) in [5.74, 6) is 0.540. The van der Waals surface area contributed by atoms with Crippen LogP contribution in [0.4, 0.5) is 0 Å². The number of hydrogen-bond acceptors (Lipinski definition) is 3. The summed E-state index contributed by atoms with van der Waals surface area (Å²) >= 11 is 0. The summed E-state index contributed by atoms with van der Waals surface area (Å²) in [6, 6.07) is 9.69. The summed E-state index contributed by atoms with van der Waals surface area (Å²) in [5.41, 5.74) is 9.27. The van der Waals surface area contributed by atoms with Crippen LogP contribution in [0.15, 0.2) is 36.5 Å². The number of carbonyl (C=O) groups excluding carboxylic acids is 1. The molecule has 0 aliphatic heterocycles. The third-order valence-corrected chi connectivity index (χ3v) is 4.00. The van der Waals surface area contributed by atoms with E-state index < -0.39 is 5.91 Å². The summed E-state index contributed by atoms with van der Waals surface area (Å²) in [4.78, 5) is 16.1. The maximum Gasteiger partial charge on any atom is 0.250 e. The van der Waals surface area contributed by atoms with Gasteiger partial charge in [-0.2, -0.15) is 0 Å². The normalized spacial score (nSPS) is 16.6. The topological polar surface area (TPSA) is 65.2 Å². The lowest BCUT2D eigenvalue weighted by atomic mass is 9.93. The number of pyridine rings is 1. The van der Waals surface area contributed by atoms with E-state index in [4.69, 9.17) is 10.5 Å². The van der Waals surface area contributed by atoms with E-state index in [2.05, 4.69) is 17.1 Å². The molecule has 1 aromatic heterocycles. The second-order valence-corrected chi connectivity index (χ2v) is 5.92. The molecule has 1 aliphatic rings. The molecule has 1 atom stereocenters. The Kier molecular flexibility index (Phi) is 3.84. The van der Waals surface area contributed by atoms with E-state index in [1.54, 1.807) is 18.3 Å². The van der Waals surface area contributed by atoms with Crippen LogP contribution in [0.2, 0.25) is 0 Å². The van der Waals surface area contributed by atoms with Gasteiger partial charge in [0.25, 0.3) is 5.91 Å². The SMILES string of the molecule is CC(C)Oc1ccc2c(c1)[C@H](c1ncccc1C(N)=O)CC2. The van der Waals surface area contributed by atoms with Crippen LogP contribution in [0.25, 0.3) is 0 Å². The van der Waals surface area contributed by atoms with Crippen LogP contribution < -0.4 is 10.5 Å². The van der Waals surface area contributed by atoms with Gasteiger partial charge in [-0.25, -0.2) is 0 Å². The highest BCUT2D eigenvalue weighted by Gasteiger charge is 2.28. The molecule has 1 amide bonds. The second-order valence-electron chi connectivity index (χ2n) is 5.92. The van der Waals surface area contributed by atoms with Gasteiger partial charge in [0.05, 0.1) is 17.4 Å². The number of hydrogen-bond donors (Lipinski definition) is 1. The van der Waals surface area contributed by atoms with E-state index >= 15 is 0 Å². The summed E-state index contributed by atoms with van der Waals surface area (Å²) in [5, 5.41) is 0. The molecule has 0 spiro atoms. The number of nitrogens with zero attached hydrogens (tertiary/aromatic N) is 1. The highest BCUT2D eigenvalue weighted by atomic mass is 16.5. The lowest BCUT2D eigenvalue weighted by Gasteiger charge is -2.16. The van der Waals surface area contributed by atoms with Crippen LogP contribution in [0.3, 0.4) is 0 Å². The van der Waals surface area contributed by atoms with E-state index in [0.717, 1.165) is 24.3 Å². The van der Waals surface area contributed by atoms with E-state index in [9.17, 15) is 4.79 Å². The van der Waals surface area contributed by atoms with Crippen molar-refractivity contribution in [2.45, 2.75) is 38.7 Å². The lowest BCUT2D eigenvalue weighted by molar-refractivity contribution is 0.0998. The number of fused-ring (bicyclic) bond motifs is 1. The summed E-state index contributed by atoms with van der Waals surface area (Å²) in [6.07, 6.45) is 3.77. The first-order valence-electron chi connectivity index (χ1n) is 7.60. The molecule has 1 aromatic carbocycles. The number of rotatable bonds is 4. The first-order chi connectivity index (χ1) is 10.6. The molecule has 0 fully saturated rings. The molecule has 114 valence electrons. The molecule has 0 bridgehead atoms. The summed E-state index contributed by atoms with van der Waals surface area (Å²) in [6.45, 7) is 4.02. The Balaban J connectivity index is 2.02. The number of amides is 1. The molecule has 0 radical (unpaired) electrons. The van der Waals surface area contributed by atoms with Crippen molar-refractivity contribution in [2.24, 2.45) is 5.73 Å². The van der Waals surface area contributed by atoms with Crippen LogP contribution in [0.5, 0.6) is 5.75 Å². The highest BCUT2D eigenvalue weighted by Crippen LogP contribution is 2.40. The Labute approximate surface area is 130 Å². The molecule has 2 aromatic rings. The number of ether oxygens (including phenoxy) is 1. The molecular formula is C18H20N2O2. The quantitative estimate of drug-likeness (QED) is 0.943. The van der Waals surface area contributed by atoms with Gasteiger partial charge < -0.3 is 10.5 Å². The molecule has 4 nitrogen and oxygen atoms in total. The predicted molar refractivity (Wildman–Crippen MR) is 85.1 cm³/mol. The van der Waals surface area contributed by atoms with E-state index in [1.165, 1.54) is 11.1 Å². The van der Waals surface area contributed by atoms with Crippen molar-refractivity contribution in [3.8, 4) is 5.75 Å². The zero-order valence-electron chi connectivity index (χ0n) is 12.9. The molecule has 3 rings (SSSR count). The summed E-state index contributed by atoms with van der Waals surface area (Å²) < 4.78 is 5.79. The van der Waals surface area contributed by atoms with Crippen molar-refractivity contribution in [3.05, 3.63) is 58.9 Å². The number of carbonyl (C=O) groups is 1. The standard InChI is InChI=1S/C18H20N2O2/c1-11(2)22-13-7-5-12-6-8-14(16(12)10-13)17-15(18(19)21)4-3-9-20-17/h3-5,7,9-11,14H,6,8H2,1-2H3,(H2,19,21)/t14-/m1/s1. The molecule has 0 unspecified atom stereocenters. The van der Waals surface area contributed by atoms with Gasteiger partial charge >= 0.3 is 0 Å². The minimum absolute atomic E-state index is 0.106. The zero-order chi connectivity index (χ0) is 15.7. The third-order valence-electron chi connectivity index (χ3n) is 4.00. The first-order valence-corrected chi connectivity index (χ1v) is 7.60.